The lowest BCUT2D eigenvalue weighted by molar-refractivity contribution is -0.156. The van der Waals surface area contributed by atoms with E-state index in [1.165, 1.54) is 7.11 Å². The third-order valence-electron chi connectivity index (χ3n) is 4.77. The second kappa shape index (κ2) is 5.47. The summed E-state index contributed by atoms with van der Waals surface area (Å²) >= 11 is 0. The summed E-state index contributed by atoms with van der Waals surface area (Å²) in [5, 5.41) is 0. The normalized spacial score (nSPS) is 18.0. The van der Waals surface area contributed by atoms with E-state index >= 15 is 0 Å². The number of fused-ring (bicyclic) bond motifs is 1. The van der Waals surface area contributed by atoms with E-state index in [0.29, 0.717) is 38.2 Å². The van der Waals surface area contributed by atoms with E-state index in [1.807, 2.05) is 30.3 Å². The number of benzene rings is 1. The minimum atomic E-state index is -0.960. The molecule has 1 saturated carbocycles. The number of nitrogens with zero attached hydrogens (tertiary/aromatic N) is 2. The molecule has 0 N–H and O–H groups in total. The van der Waals surface area contributed by atoms with E-state index in [4.69, 9.17) is 9.15 Å². The second-order valence-corrected chi connectivity index (χ2v) is 6.31. The summed E-state index contributed by atoms with van der Waals surface area (Å²) in [5.41, 5.74) is 0.727. The smallest absolute Gasteiger partial charge is 0.321 e. The number of rotatable bonds is 3. The molecule has 0 unspecified atom stereocenters. The minimum absolute atomic E-state index is 0.149. The Bertz CT molecular complexity index is 793. The van der Waals surface area contributed by atoms with Crippen molar-refractivity contribution in [3.8, 4) is 11.5 Å². The SMILES string of the molecule is COC(=O)C1(C(=O)N2CCc3oc(-c4ccccc4)nc3C2)CC1. The largest absolute Gasteiger partial charge is 0.468 e. The van der Waals surface area contributed by atoms with Gasteiger partial charge in [0.15, 0.2) is 0 Å². The molecule has 0 bridgehead atoms. The number of carbonyl (C=O) groups excluding carboxylic acids is 2. The maximum absolute atomic E-state index is 12.7. The van der Waals surface area contributed by atoms with Crippen LogP contribution in [0.4, 0.5) is 0 Å². The Hall–Kier alpha value is -2.63. The Balaban J connectivity index is 1.55. The van der Waals surface area contributed by atoms with Crippen molar-refractivity contribution >= 4 is 11.9 Å². The first-order valence-electron chi connectivity index (χ1n) is 8.06. The Morgan fingerprint density at radius 2 is 2.00 bits per heavy atom. The molecule has 0 radical (unpaired) electrons. The van der Waals surface area contributed by atoms with E-state index in [1.54, 1.807) is 4.90 Å². The maximum atomic E-state index is 12.7. The summed E-state index contributed by atoms with van der Waals surface area (Å²) in [6, 6.07) is 9.69. The van der Waals surface area contributed by atoms with Crippen molar-refractivity contribution in [2.75, 3.05) is 13.7 Å². The number of ether oxygens (including phenoxy) is 1. The first kappa shape index (κ1) is 14.9. The van der Waals surface area contributed by atoms with Crippen molar-refractivity contribution < 1.29 is 18.7 Å². The van der Waals surface area contributed by atoms with E-state index in [0.717, 1.165) is 17.0 Å². The first-order chi connectivity index (χ1) is 11.6. The van der Waals surface area contributed by atoms with Crippen molar-refractivity contribution in [3.05, 3.63) is 41.8 Å². The van der Waals surface area contributed by atoms with E-state index < -0.39 is 11.4 Å². The standard InChI is InChI=1S/C18H18N2O4/c1-23-17(22)18(8-9-18)16(21)20-10-7-14-13(11-20)19-15(24-14)12-5-3-2-4-6-12/h2-6H,7-11H2,1H3. The molecule has 2 aromatic rings. The third-order valence-corrected chi connectivity index (χ3v) is 4.77. The predicted octanol–water partition coefficient (Wildman–Crippen LogP) is 2.18. The molecule has 1 aromatic carbocycles. The van der Waals surface area contributed by atoms with Gasteiger partial charge in [-0.15, -0.1) is 0 Å². The number of oxazole rings is 1. The lowest BCUT2D eigenvalue weighted by atomic mass is 10.0. The van der Waals surface area contributed by atoms with Gasteiger partial charge < -0.3 is 14.1 Å². The Morgan fingerprint density at radius 3 is 2.67 bits per heavy atom. The fraction of sp³-hybridized carbons (Fsp3) is 0.389. The van der Waals surface area contributed by atoms with Gasteiger partial charge in [-0.1, -0.05) is 18.2 Å². The van der Waals surface area contributed by atoms with Crippen molar-refractivity contribution in [2.45, 2.75) is 25.8 Å². The van der Waals surface area contributed by atoms with Gasteiger partial charge >= 0.3 is 5.97 Å². The van der Waals surface area contributed by atoms with Crippen LogP contribution in [0.15, 0.2) is 34.7 Å². The van der Waals surface area contributed by atoms with Crippen molar-refractivity contribution in [3.63, 3.8) is 0 Å². The molecule has 1 aromatic heterocycles. The molecular formula is C18H18N2O4. The Kier molecular flexibility index (Phi) is 3.40. The summed E-state index contributed by atoms with van der Waals surface area (Å²) in [6.07, 6.45) is 1.74. The highest BCUT2D eigenvalue weighted by atomic mass is 16.5. The number of amides is 1. The molecule has 1 amide bonds. The van der Waals surface area contributed by atoms with Crippen LogP contribution in [0, 0.1) is 5.41 Å². The molecule has 1 aliphatic heterocycles. The molecule has 6 nitrogen and oxygen atoms in total. The quantitative estimate of drug-likeness (QED) is 0.638. The molecule has 1 aliphatic carbocycles. The van der Waals surface area contributed by atoms with Crippen LogP contribution >= 0.6 is 0 Å². The molecular weight excluding hydrogens is 308 g/mol. The highest BCUT2D eigenvalue weighted by Crippen LogP contribution is 2.48. The topological polar surface area (TPSA) is 72.6 Å². The fourth-order valence-electron chi connectivity index (χ4n) is 3.20. The lowest BCUT2D eigenvalue weighted by Gasteiger charge is -2.28. The summed E-state index contributed by atoms with van der Waals surface area (Å²) < 4.78 is 10.6. The van der Waals surface area contributed by atoms with Gasteiger partial charge in [0.2, 0.25) is 11.8 Å². The summed E-state index contributed by atoms with van der Waals surface area (Å²) in [4.78, 5) is 30.9. The molecule has 4 rings (SSSR count). The Morgan fingerprint density at radius 1 is 1.25 bits per heavy atom. The van der Waals surface area contributed by atoms with Crippen LogP contribution in [-0.2, 0) is 27.3 Å². The lowest BCUT2D eigenvalue weighted by Crippen LogP contribution is -2.43. The zero-order valence-electron chi connectivity index (χ0n) is 13.4. The van der Waals surface area contributed by atoms with Gasteiger partial charge in [0.05, 0.1) is 13.7 Å². The van der Waals surface area contributed by atoms with Gasteiger partial charge in [-0.2, -0.15) is 0 Å². The van der Waals surface area contributed by atoms with Crippen molar-refractivity contribution in [2.24, 2.45) is 5.41 Å². The highest BCUT2D eigenvalue weighted by Gasteiger charge is 2.59. The summed E-state index contributed by atoms with van der Waals surface area (Å²) in [7, 11) is 1.33. The van der Waals surface area contributed by atoms with Gasteiger partial charge in [0, 0.05) is 18.5 Å². The van der Waals surface area contributed by atoms with E-state index in [9.17, 15) is 9.59 Å². The number of esters is 1. The van der Waals surface area contributed by atoms with Crippen LogP contribution in [0.1, 0.15) is 24.3 Å². The monoisotopic (exact) mass is 326 g/mol. The van der Waals surface area contributed by atoms with Gasteiger partial charge in [-0.05, 0) is 25.0 Å². The molecule has 6 heteroatoms. The molecule has 1 fully saturated rings. The first-order valence-corrected chi connectivity index (χ1v) is 8.06. The predicted molar refractivity (Wildman–Crippen MR) is 84.7 cm³/mol. The molecule has 2 aliphatic rings. The molecule has 2 heterocycles. The minimum Gasteiger partial charge on any atom is -0.468 e. The zero-order chi connectivity index (χ0) is 16.7. The molecule has 0 saturated heterocycles. The van der Waals surface area contributed by atoms with E-state index in [-0.39, 0.29) is 5.91 Å². The zero-order valence-corrected chi connectivity index (χ0v) is 13.4. The highest BCUT2D eigenvalue weighted by molar-refractivity contribution is 6.05. The molecule has 124 valence electrons. The number of hydrogen-bond acceptors (Lipinski definition) is 5. The van der Waals surface area contributed by atoms with Crippen LogP contribution < -0.4 is 0 Å². The maximum Gasteiger partial charge on any atom is 0.321 e. The number of hydrogen-bond donors (Lipinski definition) is 0. The van der Waals surface area contributed by atoms with Crippen molar-refractivity contribution in [1.82, 2.24) is 9.88 Å². The van der Waals surface area contributed by atoms with Gasteiger partial charge in [-0.25, -0.2) is 4.98 Å². The summed E-state index contributed by atoms with van der Waals surface area (Å²) in [6.45, 7) is 0.914. The van der Waals surface area contributed by atoms with Crippen molar-refractivity contribution in [1.29, 1.82) is 0 Å². The van der Waals surface area contributed by atoms with Crippen LogP contribution in [0.25, 0.3) is 11.5 Å². The van der Waals surface area contributed by atoms with Gasteiger partial charge in [0.25, 0.3) is 0 Å². The average molecular weight is 326 g/mol. The van der Waals surface area contributed by atoms with Crippen LogP contribution in [0.3, 0.4) is 0 Å². The number of carbonyl (C=O) groups is 2. The number of aromatic nitrogens is 1. The van der Waals surface area contributed by atoms with Crippen LogP contribution in [0.5, 0.6) is 0 Å². The van der Waals surface area contributed by atoms with E-state index in [2.05, 4.69) is 4.98 Å². The second-order valence-electron chi connectivity index (χ2n) is 6.31. The molecule has 0 atom stereocenters. The fourth-order valence-corrected chi connectivity index (χ4v) is 3.20. The third kappa shape index (κ3) is 2.29. The van der Waals surface area contributed by atoms with Crippen LogP contribution in [0.2, 0.25) is 0 Å². The van der Waals surface area contributed by atoms with Gasteiger partial charge in [0.1, 0.15) is 16.9 Å². The summed E-state index contributed by atoms with van der Waals surface area (Å²) in [5.74, 6) is 0.817. The van der Waals surface area contributed by atoms with Gasteiger partial charge in [-0.3, -0.25) is 9.59 Å². The molecule has 0 spiro atoms. The average Bonchev–Trinajstić information content (AvgIpc) is 3.33. The molecule has 24 heavy (non-hydrogen) atoms. The van der Waals surface area contributed by atoms with Crippen LogP contribution in [-0.4, -0.2) is 35.4 Å². The Labute approximate surface area is 139 Å². The number of methoxy groups -OCH3 is 1.